The Morgan fingerprint density at radius 2 is 2.21 bits per heavy atom. The Kier molecular flexibility index (Phi) is 3.46. The molecule has 0 amide bonds. The zero-order valence-corrected chi connectivity index (χ0v) is 10.9. The van der Waals surface area contributed by atoms with Crippen LogP contribution in [0.25, 0.3) is 11.3 Å². The standard InChI is InChI=1S/C14H19N5/c15-5-3-11-4-7-19(10-11)14-17-8-12(9-18-14)13-2-1-6-16-13/h1-2,6,8-9,11,16H,3-5,7,10,15H2. The van der Waals surface area contributed by atoms with Crippen molar-refractivity contribution in [3.63, 3.8) is 0 Å². The summed E-state index contributed by atoms with van der Waals surface area (Å²) < 4.78 is 0. The Hall–Kier alpha value is -1.88. The molecular weight excluding hydrogens is 238 g/mol. The third-order valence-electron chi connectivity index (χ3n) is 3.69. The van der Waals surface area contributed by atoms with Crippen LogP contribution in [0.5, 0.6) is 0 Å². The third kappa shape index (κ3) is 2.61. The van der Waals surface area contributed by atoms with E-state index in [1.165, 1.54) is 6.42 Å². The smallest absolute Gasteiger partial charge is 0.225 e. The van der Waals surface area contributed by atoms with E-state index in [0.717, 1.165) is 43.3 Å². The Bertz CT molecular complexity index is 505. The molecule has 5 nitrogen and oxygen atoms in total. The van der Waals surface area contributed by atoms with Crippen LogP contribution >= 0.6 is 0 Å². The van der Waals surface area contributed by atoms with E-state index >= 15 is 0 Å². The van der Waals surface area contributed by atoms with Crippen LogP contribution in [-0.2, 0) is 0 Å². The molecule has 3 rings (SSSR count). The van der Waals surface area contributed by atoms with Crippen LogP contribution in [0.3, 0.4) is 0 Å². The largest absolute Gasteiger partial charge is 0.361 e. The first-order valence-electron chi connectivity index (χ1n) is 6.77. The summed E-state index contributed by atoms with van der Waals surface area (Å²) in [5, 5.41) is 0. The molecule has 0 aromatic carbocycles. The van der Waals surface area contributed by atoms with E-state index in [1.807, 2.05) is 30.7 Å². The van der Waals surface area contributed by atoms with Gasteiger partial charge in [-0.3, -0.25) is 0 Å². The van der Waals surface area contributed by atoms with Gasteiger partial charge in [-0.25, -0.2) is 9.97 Å². The van der Waals surface area contributed by atoms with Gasteiger partial charge in [0.1, 0.15) is 0 Å². The summed E-state index contributed by atoms with van der Waals surface area (Å²) in [6, 6.07) is 3.99. The Morgan fingerprint density at radius 1 is 1.37 bits per heavy atom. The van der Waals surface area contributed by atoms with Gasteiger partial charge < -0.3 is 15.6 Å². The van der Waals surface area contributed by atoms with Gasteiger partial charge in [0.2, 0.25) is 5.95 Å². The number of anilines is 1. The zero-order valence-electron chi connectivity index (χ0n) is 10.9. The van der Waals surface area contributed by atoms with Gasteiger partial charge in [-0.05, 0) is 37.4 Å². The number of H-pyrrole nitrogens is 1. The molecule has 1 saturated heterocycles. The van der Waals surface area contributed by atoms with Crippen molar-refractivity contribution in [1.82, 2.24) is 15.0 Å². The highest BCUT2D eigenvalue weighted by molar-refractivity contribution is 5.57. The molecule has 2 aromatic rings. The second kappa shape index (κ2) is 5.40. The van der Waals surface area contributed by atoms with Crippen LogP contribution in [0.1, 0.15) is 12.8 Å². The van der Waals surface area contributed by atoms with E-state index in [2.05, 4.69) is 19.9 Å². The minimum absolute atomic E-state index is 0.691. The molecule has 0 radical (unpaired) electrons. The third-order valence-corrected chi connectivity index (χ3v) is 3.69. The fourth-order valence-electron chi connectivity index (χ4n) is 2.62. The molecule has 3 N–H and O–H groups in total. The van der Waals surface area contributed by atoms with E-state index in [4.69, 9.17) is 5.73 Å². The van der Waals surface area contributed by atoms with Crippen LogP contribution in [0.15, 0.2) is 30.7 Å². The van der Waals surface area contributed by atoms with E-state index in [-0.39, 0.29) is 0 Å². The molecule has 3 heterocycles. The Morgan fingerprint density at radius 3 is 2.89 bits per heavy atom. The SMILES string of the molecule is NCCC1CCN(c2ncc(-c3ccc[nH]3)cn2)C1. The van der Waals surface area contributed by atoms with Gasteiger partial charge in [-0.2, -0.15) is 0 Å². The second-order valence-corrected chi connectivity index (χ2v) is 5.03. The summed E-state index contributed by atoms with van der Waals surface area (Å²) in [7, 11) is 0. The average Bonchev–Trinajstić information content (AvgIpc) is 3.10. The fourth-order valence-corrected chi connectivity index (χ4v) is 2.62. The number of nitrogens with zero attached hydrogens (tertiary/aromatic N) is 3. The maximum atomic E-state index is 5.61. The molecule has 1 fully saturated rings. The molecule has 1 aliphatic heterocycles. The number of hydrogen-bond acceptors (Lipinski definition) is 4. The predicted molar refractivity (Wildman–Crippen MR) is 75.8 cm³/mol. The van der Waals surface area contributed by atoms with E-state index in [1.54, 1.807) is 0 Å². The first-order chi connectivity index (χ1) is 9.36. The average molecular weight is 257 g/mol. The van der Waals surface area contributed by atoms with Crippen LogP contribution in [0.4, 0.5) is 5.95 Å². The summed E-state index contributed by atoms with van der Waals surface area (Å²) in [4.78, 5) is 14.4. The van der Waals surface area contributed by atoms with Crippen LogP contribution < -0.4 is 10.6 Å². The first-order valence-corrected chi connectivity index (χ1v) is 6.77. The van der Waals surface area contributed by atoms with Gasteiger partial charge in [0.15, 0.2) is 0 Å². The van der Waals surface area contributed by atoms with E-state index in [9.17, 15) is 0 Å². The van der Waals surface area contributed by atoms with E-state index < -0.39 is 0 Å². The molecular formula is C14H19N5. The van der Waals surface area contributed by atoms with Crippen molar-refractivity contribution in [2.24, 2.45) is 11.7 Å². The van der Waals surface area contributed by atoms with Gasteiger partial charge in [-0.15, -0.1) is 0 Å². The number of hydrogen-bond donors (Lipinski definition) is 2. The van der Waals surface area contributed by atoms with Crippen LogP contribution in [0.2, 0.25) is 0 Å². The lowest BCUT2D eigenvalue weighted by Crippen LogP contribution is -2.22. The van der Waals surface area contributed by atoms with Crippen LogP contribution in [0, 0.1) is 5.92 Å². The maximum absolute atomic E-state index is 5.61. The van der Waals surface area contributed by atoms with Gasteiger partial charge in [-0.1, -0.05) is 0 Å². The van der Waals surface area contributed by atoms with Gasteiger partial charge in [0.25, 0.3) is 0 Å². The summed E-state index contributed by atoms with van der Waals surface area (Å²) >= 11 is 0. The number of nitrogens with one attached hydrogen (secondary N) is 1. The van der Waals surface area contributed by atoms with Crippen molar-refractivity contribution >= 4 is 5.95 Å². The summed E-state index contributed by atoms with van der Waals surface area (Å²) in [5.74, 6) is 1.52. The van der Waals surface area contributed by atoms with Crippen molar-refractivity contribution in [3.8, 4) is 11.3 Å². The molecule has 19 heavy (non-hydrogen) atoms. The normalized spacial score (nSPS) is 19.0. The maximum Gasteiger partial charge on any atom is 0.225 e. The van der Waals surface area contributed by atoms with Crippen molar-refractivity contribution < 1.29 is 0 Å². The Balaban J connectivity index is 1.70. The van der Waals surface area contributed by atoms with Crippen molar-refractivity contribution in [3.05, 3.63) is 30.7 Å². The highest BCUT2D eigenvalue weighted by Gasteiger charge is 2.23. The summed E-state index contributed by atoms with van der Waals surface area (Å²) in [6.07, 6.45) is 7.95. The van der Waals surface area contributed by atoms with Crippen molar-refractivity contribution in [1.29, 1.82) is 0 Å². The highest BCUT2D eigenvalue weighted by Crippen LogP contribution is 2.23. The lowest BCUT2D eigenvalue weighted by atomic mass is 10.1. The highest BCUT2D eigenvalue weighted by atomic mass is 15.3. The second-order valence-electron chi connectivity index (χ2n) is 5.03. The van der Waals surface area contributed by atoms with Gasteiger partial charge in [0, 0.05) is 42.9 Å². The molecule has 1 unspecified atom stereocenters. The molecule has 1 atom stereocenters. The number of rotatable bonds is 4. The predicted octanol–water partition coefficient (Wildman–Crippen LogP) is 1.65. The lowest BCUT2D eigenvalue weighted by molar-refractivity contribution is 0.545. The molecule has 1 aliphatic rings. The summed E-state index contributed by atoms with van der Waals surface area (Å²) in [5.41, 5.74) is 7.68. The molecule has 0 aliphatic carbocycles. The quantitative estimate of drug-likeness (QED) is 0.873. The lowest BCUT2D eigenvalue weighted by Gasteiger charge is -2.16. The van der Waals surface area contributed by atoms with E-state index in [0.29, 0.717) is 5.92 Å². The molecule has 2 aromatic heterocycles. The molecule has 0 bridgehead atoms. The zero-order chi connectivity index (χ0) is 13.1. The van der Waals surface area contributed by atoms with Crippen molar-refractivity contribution in [2.45, 2.75) is 12.8 Å². The monoisotopic (exact) mass is 257 g/mol. The minimum Gasteiger partial charge on any atom is -0.361 e. The molecule has 0 spiro atoms. The van der Waals surface area contributed by atoms with Gasteiger partial charge >= 0.3 is 0 Å². The molecule has 0 saturated carbocycles. The van der Waals surface area contributed by atoms with Crippen LogP contribution in [-0.4, -0.2) is 34.6 Å². The number of nitrogens with two attached hydrogens (primary N) is 1. The van der Waals surface area contributed by atoms with Gasteiger partial charge in [0.05, 0.1) is 0 Å². The summed E-state index contributed by atoms with van der Waals surface area (Å²) in [6.45, 7) is 2.83. The number of aromatic nitrogens is 3. The molecule has 100 valence electrons. The van der Waals surface area contributed by atoms with Crippen molar-refractivity contribution in [2.75, 3.05) is 24.5 Å². The first kappa shape index (κ1) is 12.2. The number of aromatic amines is 1. The minimum atomic E-state index is 0.691. The fraction of sp³-hybridized carbons (Fsp3) is 0.429. The Labute approximate surface area is 112 Å². The molecule has 5 heteroatoms. The topological polar surface area (TPSA) is 70.8 Å².